The van der Waals surface area contributed by atoms with Gasteiger partial charge in [-0.05, 0) is 55.8 Å². The third-order valence-corrected chi connectivity index (χ3v) is 6.25. The van der Waals surface area contributed by atoms with Crippen molar-refractivity contribution in [1.29, 1.82) is 0 Å². The van der Waals surface area contributed by atoms with Crippen LogP contribution in [0, 0.1) is 17.3 Å². The van der Waals surface area contributed by atoms with Gasteiger partial charge in [-0.15, -0.1) is 0 Å². The van der Waals surface area contributed by atoms with E-state index < -0.39 is 0 Å². The van der Waals surface area contributed by atoms with Crippen molar-refractivity contribution in [3.8, 4) is 0 Å². The van der Waals surface area contributed by atoms with Crippen molar-refractivity contribution in [1.82, 2.24) is 15.2 Å². The van der Waals surface area contributed by atoms with Gasteiger partial charge < -0.3 is 0 Å². The van der Waals surface area contributed by atoms with E-state index in [-0.39, 0.29) is 11.3 Å². The molecule has 0 aliphatic heterocycles. The molecule has 4 saturated carbocycles. The molecule has 5 nitrogen and oxygen atoms in total. The first-order chi connectivity index (χ1) is 9.54. The lowest BCUT2D eigenvalue weighted by Crippen LogP contribution is -2.53. The molecule has 0 radical (unpaired) electrons. The highest BCUT2D eigenvalue weighted by molar-refractivity contribution is 9.10. The SMILES string of the molecule is O=C(CC12CC3CC(CC(Br)(C3)C1)C2)Nc1ncn[nH]1. The average molecular weight is 339 g/mol. The molecule has 2 N–H and O–H groups in total. The lowest BCUT2D eigenvalue weighted by Gasteiger charge is -2.60. The molecule has 4 bridgehead atoms. The number of halogens is 1. The highest BCUT2D eigenvalue weighted by Gasteiger charge is 2.57. The van der Waals surface area contributed by atoms with E-state index in [1.165, 1.54) is 38.4 Å². The fraction of sp³-hybridized carbons (Fsp3) is 0.786. The summed E-state index contributed by atoms with van der Waals surface area (Å²) in [6.07, 6.45) is 9.60. The monoisotopic (exact) mass is 338 g/mol. The van der Waals surface area contributed by atoms with E-state index in [0.717, 1.165) is 18.3 Å². The van der Waals surface area contributed by atoms with Gasteiger partial charge in [-0.1, -0.05) is 15.9 Å². The van der Waals surface area contributed by atoms with Crippen LogP contribution in [0.2, 0.25) is 0 Å². The number of amides is 1. The van der Waals surface area contributed by atoms with Crippen molar-refractivity contribution in [2.24, 2.45) is 17.3 Å². The van der Waals surface area contributed by atoms with Crippen molar-refractivity contribution >= 4 is 27.8 Å². The molecule has 1 amide bonds. The summed E-state index contributed by atoms with van der Waals surface area (Å²) < 4.78 is 0.309. The molecular weight excluding hydrogens is 320 g/mol. The third kappa shape index (κ3) is 2.18. The van der Waals surface area contributed by atoms with Gasteiger partial charge in [0.25, 0.3) is 0 Å². The maximum atomic E-state index is 12.3. The first kappa shape index (κ1) is 12.8. The molecule has 1 aromatic rings. The Hall–Kier alpha value is -0.910. The Morgan fingerprint density at radius 3 is 2.75 bits per heavy atom. The molecule has 20 heavy (non-hydrogen) atoms. The molecule has 6 heteroatoms. The van der Waals surface area contributed by atoms with Crippen LogP contribution in [-0.2, 0) is 4.79 Å². The van der Waals surface area contributed by atoms with Crippen LogP contribution in [0.3, 0.4) is 0 Å². The summed E-state index contributed by atoms with van der Waals surface area (Å²) in [5.74, 6) is 2.15. The zero-order valence-electron chi connectivity index (χ0n) is 11.4. The molecule has 4 aliphatic carbocycles. The van der Waals surface area contributed by atoms with Crippen LogP contribution in [0.25, 0.3) is 0 Å². The number of nitrogens with one attached hydrogen (secondary N) is 2. The van der Waals surface area contributed by atoms with Gasteiger partial charge in [0, 0.05) is 10.7 Å². The summed E-state index contributed by atoms with van der Waals surface area (Å²) in [5, 5.41) is 9.26. The zero-order valence-corrected chi connectivity index (χ0v) is 12.9. The van der Waals surface area contributed by atoms with Crippen LogP contribution in [0.15, 0.2) is 6.33 Å². The first-order valence-corrected chi connectivity index (χ1v) is 8.18. The Morgan fingerprint density at radius 1 is 1.40 bits per heavy atom. The minimum absolute atomic E-state index is 0.0693. The standard InChI is InChI=1S/C14H19BrN4O/c15-14-4-9-1-10(5-14)3-13(2-9,7-14)6-11(20)18-12-16-8-17-19-12/h8-10H,1-7H2,(H2,16,17,18,19,20). The number of nitrogens with zero attached hydrogens (tertiary/aromatic N) is 2. The molecular formula is C14H19BrN4O. The lowest BCUT2D eigenvalue weighted by molar-refractivity contribution is -0.123. The number of alkyl halides is 1. The molecule has 1 heterocycles. The Balaban J connectivity index is 1.49. The van der Waals surface area contributed by atoms with E-state index in [9.17, 15) is 4.79 Å². The minimum atomic E-state index is 0.0693. The van der Waals surface area contributed by atoms with E-state index in [1.807, 2.05) is 0 Å². The van der Waals surface area contributed by atoms with Gasteiger partial charge in [-0.3, -0.25) is 10.1 Å². The normalized spacial score (nSPS) is 41.9. The van der Waals surface area contributed by atoms with Crippen LogP contribution in [0.5, 0.6) is 0 Å². The number of aromatic nitrogens is 3. The molecule has 4 aliphatic rings. The summed E-state index contributed by atoms with van der Waals surface area (Å²) in [7, 11) is 0. The molecule has 0 saturated heterocycles. The van der Waals surface area contributed by atoms with Gasteiger partial charge >= 0.3 is 0 Å². The summed E-state index contributed by atoms with van der Waals surface area (Å²) in [6, 6.07) is 0. The van der Waals surface area contributed by atoms with Crippen LogP contribution < -0.4 is 5.32 Å². The fourth-order valence-electron chi connectivity index (χ4n) is 5.33. The van der Waals surface area contributed by atoms with Crippen molar-refractivity contribution < 1.29 is 4.79 Å². The number of anilines is 1. The van der Waals surface area contributed by atoms with E-state index in [2.05, 4.69) is 36.4 Å². The second-order valence-corrected chi connectivity index (χ2v) is 8.85. The predicted molar refractivity (Wildman–Crippen MR) is 78.4 cm³/mol. The van der Waals surface area contributed by atoms with Crippen molar-refractivity contribution in [2.45, 2.75) is 49.3 Å². The number of aromatic amines is 1. The maximum Gasteiger partial charge on any atom is 0.227 e. The molecule has 1 aromatic heterocycles. The van der Waals surface area contributed by atoms with Gasteiger partial charge in [0.2, 0.25) is 11.9 Å². The Kier molecular flexibility index (Phi) is 2.75. The Morgan fingerprint density at radius 2 is 2.15 bits per heavy atom. The molecule has 5 rings (SSSR count). The summed E-state index contributed by atoms with van der Waals surface area (Å²) in [6.45, 7) is 0. The largest absolute Gasteiger partial charge is 0.295 e. The van der Waals surface area contributed by atoms with Gasteiger partial charge in [0.15, 0.2) is 0 Å². The van der Waals surface area contributed by atoms with Crippen molar-refractivity contribution in [3.05, 3.63) is 6.33 Å². The minimum Gasteiger partial charge on any atom is -0.295 e. The Labute approximate surface area is 126 Å². The van der Waals surface area contributed by atoms with Gasteiger partial charge in [-0.25, -0.2) is 5.10 Å². The summed E-state index contributed by atoms with van der Waals surface area (Å²) in [5.41, 5.74) is 0.206. The number of carbonyl (C=O) groups excluding carboxylic acids is 1. The molecule has 2 unspecified atom stereocenters. The molecule has 108 valence electrons. The summed E-state index contributed by atoms with van der Waals surface area (Å²) in [4.78, 5) is 16.2. The highest BCUT2D eigenvalue weighted by Crippen LogP contribution is 2.65. The van der Waals surface area contributed by atoms with Crippen molar-refractivity contribution in [2.75, 3.05) is 5.32 Å². The van der Waals surface area contributed by atoms with Crippen molar-refractivity contribution in [3.63, 3.8) is 0 Å². The lowest BCUT2D eigenvalue weighted by atomic mass is 9.48. The third-order valence-electron chi connectivity index (χ3n) is 5.32. The van der Waals surface area contributed by atoms with E-state index in [4.69, 9.17) is 0 Å². The topological polar surface area (TPSA) is 70.7 Å². The quantitative estimate of drug-likeness (QED) is 0.832. The highest BCUT2D eigenvalue weighted by atomic mass is 79.9. The van der Waals surface area contributed by atoms with Crippen LogP contribution in [-0.4, -0.2) is 25.4 Å². The van der Waals surface area contributed by atoms with Crippen LogP contribution in [0.1, 0.15) is 44.9 Å². The second-order valence-electron chi connectivity index (χ2n) is 7.17. The average Bonchev–Trinajstić information content (AvgIpc) is 2.76. The molecule has 4 fully saturated rings. The smallest absolute Gasteiger partial charge is 0.227 e. The molecule has 2 atom stereocenters. The van der Waals surface area contributed by atoms with Gasteiger partial charge in [0.1, 0.15) is 6.33 Å². The fourth-order valence-corrected chi connectivity index (χ4v) is 6.84. The first-order valence-electron chi connectivity index (χ1n) is 7.38. The number of H-pyrrole nitrogens is 1. The van der Waals surface area contributed by atoms with Gasteiger partial charge in [-0.2, -0.15) is 10.1 Å². The van der Waals surface area contributed by atoms with E-state index in [0.29, 0.717) is 16.7 Å². The van der Waals surface area contributed by atoms with E-state index >= 15 is 0 Å². The maximum absolute atomic E-state index is 12.3. The van der Waals surface area contributed by atoms with Crippen LogP contribution in [0.4, 0.5) is 5.95 Å². The van der Waals surface area contributed by atoms with E-state index in [1.54, 1.807) is 0 Å². The zero-order chi connectivity index (χ0) is 13.8. The number of hydrogen-bond donors (Lipinski definition) is 2. The molecule has 0 spiro atoms. The van der Waals surface area contributed by atoms with Gasteiger partial charge in [0.05, 0.1) is 0 Å². The number of hydrogen-bond acceptors (Lipinski definition) is 3. The summed E-state index contributed by atoms with van der Waals surface area (Å²) >= 11 is 3.98. The number of carbonyl (C=O) groups is 1. The molecule has 0 aromatic carbocycles. The predicted octanol–water partition coefficient (Wildman–Crippen LogP) is 2.87. The van der Waals surface area contributed by atoms with Crippen LogP contribution >= 0.6 is 15.9 Å². The second kappa shape index (κ2) is 4.29. The number of rotatable bonds is 3. The Bertz CT molecular complexity index is 515.